The van der Waals surface area contributed by atoms with Crippen LogP contribution in [0, 0.1) is 12.8 Å². The van der Waals surface area contributed by atoms with E-state index in [2.05, 4.69) is 36.0 Å². The average Bonchev–Trinajstić information content (AvgIpc) is 3.32. The number of hydrogen-bond donors (Lipinski definition) is 1. The molecule has 6 nitrogen and oxygen atoms in total. The molecule has 3 aromatic rings. The minimum Gasteiger partial charge on any atom is -0.465 e. The van der Waals surface area contributed by atoms with E-state index < -0.39 is 0 Å². The molecule has 0 unspecified atom stereocenters. The Morgan fingerprint density at radius 2 is 2.07 bits per heavy atom. The monoisotopic (exact) mass is 403 g/mol. The van der Waals surface area contributed by atoms with Crippen molar-refractivity contribution in [1.29, 1.82) is 0 Å². The lowest BCUT2D eigenvalue weighted by Gasteiger charge is -2.17. The average molecular weight is 403 g/mol. The molecule has 5 rings (SSSR count). The third-order valence-electron chi connectivity index (χ3n) is 5.93. The highest BCUT2D eigenvalue weighted by Crippen LogP contribution is 2.46. The Kier molecular flexibility index (Phi) is 4.13. The van der Waals surface area contributed by atoms with E-state index in [0.717, 1.165) is 45.9 Å². The smallest absolute Gasteiger partial charge is 0.259 e. The zero-order chi connectivity index (χ0) is 21.2. The van der Waals surface area contributed by atoms with Crippen molar-refractivity contribution in [3.8, 4) is 0 Å². The maximum atomic E-state index is 13.3. The van der Waals surface area contributed by atoms with E-state index in [1.165, 1.54) is 11.8 Å². The zero-order valence-corrected chi connectivity index (χ0v) is 17.7. The van der Waals surface area contributed by atoms with E-state index >= 15 is 0 Å². The number of nitrogens with one attached hydrogen (secondary N) is 1. The second-order valence-corrected chi connectivity index (χ2v) is 8.64. The number of imide groups is 1. The van der Waals surface area contributed by atoms with Crippen LogP contribution >= 0.6 is 0 Å². The van der Waals surface area contributed by atoms with Crippen LogP contribution in [0.15, 0.2) is 52.2 Å². The molecule has 2 aliphatic heterocycles. The molecule has 0 radical (unpaired) electrons. The minimum atomic E-state index is -0.363. The Labute approximate surface area is 175 Å². The summed E-state index contributed by atoms with van der Waals surface area (Å²) in [5.41, 5.74) is 4.50. The van der Waals surface area contributed by atoms with Crippen molar-refractivity contribution < 1.29 is 14.0 Å². The Balaban J connectivity index is 1.79. The summed E-state index contributed by atoms with van der Waals surface area (Å²) in [6, 6.07) is 10.0. The first-order chi connectivity index (χ1) is 14.3. The van der Waals surface area contributed by atoms with Gasteiger partial charge in [0.1, 0.15) is 11.5 Å². The summed E-state index contributed by atoms with van der Waals surface area (Å²) in [4.78, 5) is 26.8. The van der Waals surface area contributed by atoms with Gasteiger partial charge in [0.05, 0.1) is 23.6 Å². The number of carbonyl (C=O) groups is 2. The summed E-state index contributed by atoms with van der Waals surface area (Å²) in [7, 11) is 0. The number of aromatic nitrogens is 1. The number of carbonyl (C=O) groups excluding carboxylic acids is 2. The maximum absolute atomic E-state index is 13.3. The molecular weight excluding hydrogens is 378 g/mol. The summed E-state index contributed by atoms with van der Waals surface area (Å²) < 4.78 is 8.30. The van der Waals surface area contributed by atoms with E-state index in [1.807, 2.05) is 31.2 Å². The van der Waals surface area contributed by atoms with Gasteiger partial charge in [-0.25, -0.2) is 0 Å². The van der Waals surface area contributed by atoms with Crippen LogP contribution in [0.4, 0.5) is 5.69 Å². The van der Waals surface area contributed by atoms with E-state index in [9.17, 15) is 9.59 Å². The fourth-order valence-corrected chi connectivity index (χ4v) is 4.72. The van der Waals surface area contributed by atoms with Crippen LogP contribution in [-0.4, -0.2) is 27.8 Å². The molecule has 6 heteroatoms. The number of nitrogens with zero attached hydrogens (tertiary/aromatic N) is 2. The Morgan fingerprint density at radius 1 is 1.27 bits per heavy atom. The summed E-state index contributed by atoms with van der Waals surface area (Å²) in [6.07, 6.45) is 2.15. The van der Waals surface area contributed by atoms with Crippen molar-refractivity contribution in [2.75, 3.05) is 11.9 Å². The first-order valence-corrected chi connectivity index (χ1v) is 10.4. The normalized spacial score (nSPS) is 18.2. The molecule has 2 aromatic heterocycles. The second-order valence-electron chi connectivity index (χ2n) is 8.64. The van der Waals surface area contributed by atoms with Crippen molar-refractivity contribution in [1.82, 2.24) is 9.47 Å². The molecule has 4 heterocycles. The predicted molar refractivity (Wildman–Crippen MR) is 115 cm³/mol. The number of hydrogen-bond acceptors (Lipinski definition) is 4. The molecule has 2 aliphatic rings. The highest BCUT2D eigenvalue weighted by Gasteiger charge is 2.42. The van der Waals surface area contributed by atoms with Gasteiger partial charge in [0.25, 0.3) is 5.91 Å². The predicted octanol–water partition coefficient (Wildman–Crippen LogP) is 4.40. The van der Waals surface area contributed by atoms with Crippen molar-refractivity contribution in [3.05, 3.63) is 64.9 Å². The zero-order valence-electron chi connectivity index (χ0n) is 17.7. The summed E-state index contributed by atoms with van der Waals surface area (Å²) in [5, 5.41) is 4.59. The SMILES string of the molecule is CC(=O)N1CC2=C(C1=O)[C@@H](c1ccc(C)o1)c1cn(CC(C)C)c3cccc(c13)N2. The van der Waals surface area contributed by atoms with Crippen molar-refractivity contribution in [2.45, 2.75) is 40.2 Å². The standard InChI is InChI=1S/C24H25N3O3/c1-13(2)10-26-11-16-21-17(6-5-7-19(21)26)25-18-12-27(15(4)28)24(29)23(18)22(16)20-9-8-14(3)30-20/h5-9,11,13,22,25H,10,12H2,1-4H3/t22-/m1/s1. The third-order valence-corrected chi connectivity index (χ3v) is 5.93. The first-order valence-electron chi connectivity index (χ1n) is 10.4. The van der Waals surface area contributed by atoms with Crippen LogP contribution in [0.3, 0.4) is 0 Å². The number of benzene rings is 1. The van der Waals surface area contributed by atoms with Gasteiger partial charge in [0.15, 0.2) is 0 Å². The van der Waals surface area contributed by atoms with E-state index in [1.54, 1.807) is 0 Å². The molecule has 1 aromatic carbocycles. The van der Waals surface area contributed by atoms with Crippen LogP contribution in [0.5, 0.6) is 0 Å². The lowest BCUT2D eigenvalue weighted by atomic mass is 9.88. The number of amides is 2. The maximum Gasteiger partial charge on any atom is 0.259 e. The number of anilines is 1. The first kappa shape index (κ1) is 18.7. The van der Waals surface area contributed by atoms with Gasteiger partial charge in [-0.05, 0) is 42.7 Å². The Morgan fingerprint density at radius 3 is 2.73 bits per heavy atom. The quantitative estimate of drug-likeness (QED) is 0.704. The van der Waals surface area contributed by atoms with E-state index in [-0.39, 0.29) is 24.3 Å². The van der Waals surface area contributed by atoms with Gasteiger partial charge in [0, 0.05) is 36.4 Å². The fraction of sp³-hybridized carbons (Fsp3) is 0.333. The van der Waals surface area contributed by atoms with Gasteiger partial charge in [-0.3, -0.25) is 14.5 Å². The van der Waals surface area contributed by atoms with Crippen molar-refractivity contribution in [2.24, 2.45) is 5.92 Å². The van der Waals surface area contributed by atoms with E-state index in [0.29, 0.717) is 11.5 Å². The molecule has 154 valence electrons. The molecule has 30 heavy (non-hydrogen) atoms. The second kappa shape index (κ2) is 6.62. The molecular formula is C24H25N3O3. The largest absolute Gasteiger partial charge is 0.465 e. The molecule has 0 spiro atoms. The molecule has 0 saturated heterocycles. The Hall–Kier alpha value is -3.28. The molecule has 0 fully saturated rings. The highest BCUT2D eigenvalue weighted by molar-refractivity contribution is 6.11. The van der Waals surface area contributed by atoms with Crippen molar-refractivity contribution in [3.63, 3.8) is 0 Å². The number of furan rings is 1. The molecule has 1 atom stereocenters. The van der Waals surface area contributed by atoms with Gasteiger partial charge < -0.3 is 14.3 Å². The number of rotatable bonds is 3. The van der Waals surface area contributed by atoms with Crippen LogP contribution in [-0.2, 0) is 16.1 Å². The topological polar surface area (TPSA) is 67.5 Å². The van der Waals surface area contributed by atoms with Gasteiger partial charge in [-0.2, -0.15) is 0 Å². The summed E-state index contributed by atoms with van der Waals surface area (Å²) >= 11 is 0. The highest BCUT2D eigenvalue weighted by atomic mass is 16.3. The Bertz CT molecular complexity index is 1230. The van der Waals surface area contributed by atoms with E-state index in [4.69, 9.17) is 4.42 Å². The summed E-state index contributed by atoms with van der Waals surface area (Å²) in [5.74, 6) is 1.14. The van der Waals surface area contributed by atoms with Crippen LogP contribution < -0.4 is 5.32 Å². The lowest BCUT2D eigenvalue weighted by molar-refractivity contribution is -0.139. The van der Waals surface area contributed by atoms with Gasteiger partial charge in [0.2, 0.25) is 5.91 Å². The lowest BCUT2D eigenvalue weighted by Crippen LogP contribution is -2.33. The van der Waals surface area contributed by atoms with Gasteiger partial charge >= 0.3 is 0 Å². The third kappa shape index (κ3) is 2.70. The molecule has 0 saturated carbocycles. The molecule has 1 N–H and O–H groups in total. The van der Waals surface area contributed by atoms with Crippen LogP contribution in [0.2, 0.25) is 0 Å². The van der Waals surface area contributed by atoms with Crippen LogP contribution in [0.25, 0.3) is 10.9 Å². The fourth-order valence-electron chi connectivity index (χ4n) is 4.72. The molecule has 2 amide bonds. The van der Waals surface area contributed by atoms with Gasteiger partial charge in [-0.1, -0.05) is 19.9 Å². The van der Waals surface area contributed by atoms with Crippen molar-refractivity contribution >= 4 is 28.4 Å². The summed E-state index contributed by atoms with van der Waals surface area (Å²) in [6.45, 7) is 8.86. The van der Waals surface area contributed by atoms with Crippen LogP contribution in [0.1, 0.15) is 43.8 Å². The molecule has 0 aliphatic carbocycles. The van der Waals surface area contributed by atoms with Gasteiger partial charge in [-0.15, -0.1) is 0 Å². The minimum absolute atomic E-state index is 0.249. The number of aryl methyl sites for hydroxylation is 1. The molecule has 0 bridgehead atoms.